The lowest BCUT2D eigenvalue weighted by atomic mass is 9.98. The maximum absolute atomic E-state index is 15.6. The minimum absolute atomic E-state index is 0.488. The highest BCUT2D eigenvalue weighted by atomic mass is 32.3. The molecule has 2 aliphatic carbocycles. The third kappa shape index (κ3) is 5.38. The second-order valence-electron chi connectivity index (χ2n) is 10.4. The quantitative estimate of drug-likeness (QED) is 0.289. The van der Waals surface area contributed by atoms with Gasteiger partial charge in [0.2, 0.25) is 0 Å². The van der Waals surface area contributed by atoms with Crippen molar-refractivity contribution >= 4 is 44.9 Å². The number of hydrogen-bond donors (Lipinski definition) is 0. The van der Waals surface area contributed by atoms with Crippen LogP contribution in [0.3, 0.4) is 0 Å². The lowest BCUT2D eigenvalue weighted by Crippen LogP contribution is -2.21. The van der Waals surface area contributed by atoms with Crippen molar-refractivity contribution in [2.24, 2.45) is 4.36 Å². The van der Waals surface area contributed by atoms with E-state index in [0.717, 1.165) is 36.4 Å². The monoisotopic (exact) mass is 545 g/mol. The molecule has 0 spiro atoms. The van der Waals surface area contributed by atoms with Gasteiger partial charge in [-0.25, -0.2) is 0 Å². The van der Waals surface area contributed by atoms with Crippen LogP contribution in [0.2, 0.25) is 0 Å². The van der Waals surface area contributed by atoms with Crippen molar-refractivity contribution < 1.29 is 4.55 Å². The van der Waals surface area contributed by atoms with Crippen LogP contribution in [0.15, 0.2) is 97.3 Å². The van der Waals surface area contributed by atoms with Gasteiger partial charge in [0.05, 0.1) is 10.5 Å². The van der Waals surface area contributed by atoms with Crippen molar-refractivity contribution in [2.45, 2.75) is 84.5 Å². The summed E-state index contributed by atoms with van der Waals surface area (Å²) in [5.74, 6) is 0. The number of hydrogen-bond acceptors (Lipinski definition) is 4. The molecule has 2 fully saturated rings. The third-order valence-electron chi connectivity index (χ3n) is 7.74. The van der Waals surface area contributed by atoms with Crippen molar-refractivity contribution in [1.82, 2.24) is 0 Å². The summed E-state index contributed by atoms with van der Waals surface area (Å²) in [7, 11) is -2.85. The summed E-state index contributed by atoms with van der Waals surface area (Å²) >= 11 is 3.80. The molecule has 1 atom stereocenters. The third-order valence-corrected chi connectivity index (χ3v) is 13.6. The summed E-state index contributed by atoms with van der Waals surface area (Å²) in [6, 6.07) is 27.3. The molecular weight excluding hydrogens is 511 g/mol. The van der Waals surface area contributed by atoms with E-state index in [9.17, 15) is 0 Å². The van der Waals surface area contributed by atoms with Gasteiger partial charge in [-0.1, -0.05) is 115 Å². The Labute approximate surface area is 231 Å². The van der Waals surface area contributed by atoms with E-state index in [2.05, 4.69) is 60.7 Å². The molecule has 1 aliphatic heterocycles. The Bertz CT molecular complexity index is 1320. The molecule has 3 aliphatic rings. The predicted octanol–water partition coefficient (Wildman–Crippen LogP) is 10.1. The van der Waals surface area contributed by atoms with Gasteiger partial charge in [0, 0.05) is 26.2 Å². The zero-order valence-electron chi connectivity index (χ0n) is 21.3. The average molecular weight is 546 g/mol. The lowest BCUT2D eigenvalue weighted by Gasteiger charge is -2.34. The molecule has 6 rings (SSSR count). The molecule has 2 saturated carbocycles. The summed E-state index contributed by atoms with van der Waals surface area (Å²) in [4.78, 5) is 2.06. The molecule has 1 heterocycles. The Morgan fingerprint density at radius 1 is 0.649 bits per heavy atom. The van der Waals surface area contributed by atoms with Crippen LogP contribution < -0.4 is 0 Å². The SMILES string of the molecule is [O-][S+]1(c2ccccc2SC2CCCCC2)=Nc2ccccc2C(c2ccccc2)=C1SC1CCCCC1. The first-order valence-electron chi connectivity index (χ1n) is 13.8. The minimum atomic E-state index is -2.85. The standard InChI is InChI=1S/C32H35NOS3/c34-37(30-23-13-12-22-29(30)35-25-16-6-2-7-17-25)32(36-26-18-8-3-9-19-26)31(24-14-4-1-5-15-24)27-20-10-11-21-28(27)33-37/h1,4-5,10-15,20-23,25-26H,2-3,6-9,16-19H2. The van der Waals surface area contributed by atoms with Gasteiger partial charge in [-0.15, -0.1) is 11.8 Å². The zero-order valence-corrected chi connectivity index (χ0v) is 23.8. The summed E-state index contributed by atoms with van der Waals surface area (Å²) < 4.78 is 21.7. The van der Waals surface area contributed by atoms with E-state index in [-0.39, 0.29) is 0 Å². The van der Waals surface area contributed by atoms with Gasteiger partial charge in [-0.2, -0.15) is 0 Å². The second kappa shape index (κ2) is 11.5. The van der Waals surface area contributed by atoms with Crippen molar-refractivity contribution in [2.75, 3.05) is 0 Å². The number of rotatable bonds is 6. The van der Waals surface area contributed by atoms with Crippen LogP contribution in [0, 0.1) is 0 Å². The first-order valence-corrected chi connectivity index (χ1v) is 17.1. The van der Waals surface area contributed by atoms with Crippen LogP contribution >= 0.6 is 23.5 Å². The smallest absolute Gasteiger partial charge is 0.184 e. The molecule has 2 nitrogen and oxygen atoms in total. The maximum Gasteiger partial charge on any atom is 0.184 e. The van der Waals surface area contributed by atoms with Crippen LogP contribution in [-0.2, 0) is 10.1 Å². The molecule has 3 aromatic rings. The Hall–Kier alpha value is -1.79. The van der Waals surface area contributed by atoms with Gasteiger partial charge in [0.25, 0.3) is 0 Å². The molecule has 1 unspecified atom stereocenters. The molecular formula is C32H35NOS3. The first-order chi connectivity index (χ1) is 18.2. The van der Waals surface area contributed by atoms with Crippen molar-refractivity contribution in [1.29, 1.82) is 0 Å². The van der Waals surface area contributed by atoms with Crippen LogP contribution in [0.5, 0.6) is 0 Å². The van der Waals surface area contributed by atoms with E-state index in [1.54, 1.807) is 0 Å². The fourth-order valence-corrected chi connectivity index (χ4v) is 12.0. The molecule has 0 bridgehead atoms. The van der Waals surface area contributed by atoms with E-state index in [1.807, 2.05) is 41.7 Å². The molecule has 0 radical (unpaired) electrons. The minimum Gasteiger partial charge on any atom is -0.621 e. The van der Waals surface area contributed by atoms with Crippen molar-refractivity contribution in [3.05, 3.63) is 94.2 Å². The topological polar surface area (TPSA) is 35.4 Å². The van der Waals surface area contributed by atoms with Gasteiger partial charge >= 0.3 is 0 Å². The number of benzene rings is 3. The summed E-state index contributed by atoms with van der Waals surface area (Å²) in [6.07, 6.45) is 12.6. The van der Waals surface area contributed by atoms with Gasteiger partial charge < -0.3 is 4.55 Å². The highest BCUT2D eigenvalue weighted by molar-refractivity contribution is 8.23. The molecule has 5 heteroatoms. The van der Waals surface area contributed by atoms with E-state index >= 15 is 4.55 Å². The normalized spacial score (nSPS) is 22.9. The lowest BCUT2D eigenvalue weighted by molar-refractivity contribution is 0.515. The summed E-state index contributed by atoms with van der Waals surface area (Å²) in [5.41, 5.74) is 4.19. The molecule has 192 valence electrons. The highest BCUT2D eigenvalue weighted by Crippen LogP contribution is 2.54. The maximum atomic E-state index is 15.6. The molecule has 37 heavy (non-hydrogen) atoms. The molecule has 0 N–H and O–H groups in total. The number of thioether (sulfide) groups is 2. The number of fused-ring (bicyclic) bond motifs is 1. The van der Waals surface area contributed by atoms with Gasteiger partial charge in [-0.05, 0) is 49.4 Å². The molecule has 0 aromatic heterocycles. The average Bonchev–Trinajstić information content (AvgIpc) is 2.95. The fraction of sp³-hybridized carbons (Fsp3) is 0.375. The molecule has 0 amide bonds. The highest BCUT2D eigenvalue weighted by Gasteiger charge is 2.38. The zero-order chi connectivity index (χ0) is 25.1. The van der Waals surface area contributed by atoms with Crippen LogP contribution in [0.1, 0.15) is 75.3 Å². The van der Waals surface area contributed by atoms with E-state index in [0.29, 0.717) is 10.5 Å². The van der Waals surface area contributed by atoms with Crippen LogP contribution in [-0.4, -0.2) is 15.1 Å². The van der Waals surface area contributed by atoms with Crippen molar-refractivity contribution in [3.63, 3.8) is 0 Å². The Morgan fingerprint density at radius 3 is 1.97 bits per heavy atom. The van der Waals surface area contributed by atoms with Crippen LogP contribution in [0.4, 0.5) is 5.69 Å². The van der Waals surface area contributed by atoms with Gasteiger partial charge in [0.15, 0.2) is 9.13 Å². The Balaban J connectivity index is 1.55. The van der Waals surface area contributed by atoms with Crippen LogP contribution in [0.25, 0.3) is 5.57 Å². The summed E-state index contributed by atoms with van der Waals surface area (Å²) in [6.45, 7) is 0. The molecule has 3 aromatic carbocycles. The van der Waals surface area contributed by atoms with Crippen molar-refractivity contribution in [3.8, 4) is 0 Å². The van der Waals surface area contributed by atoms with Gasteiger partial charge in [-0.3, -0.25) is 0 Å². The van der Waals surface area contributed by atoms with E-state index in [1.165, 1.54) is 64.2 Å². The van der Waals surface area contributed by atoms with Gasteiger partial charge in [0.1, 0.15) is 5.69 Å². The van der Waals surface area contributed by atoms with E-state index < -0.39 is 10.1 Å². The first kappa shape index (κ1) is 25.5. The van der Waals surface area contributed by atoms with E-state index in [4.69, 9.17) is 4.36 Å². The Morgan fingerprint density at radius 2 is 1.24 bits per heavy atom. The predicted molar refractivity (Wildman–Crippen MR) is 161 cm³/mol. The Kier molecular flexibility index (Phi) is 7.94. The summed E-state index contributed by atoms with van der Waals surface area (Å²) in [5, 5.41) is 1.09. The molecule has 0 saturated heterocycles. The largest absolute Gasteiger partial charge is 0.621 e. The second-order valence-corrected chi connectivity index (χ2v) is 15.4. The number of nitrogens with zero attached hydrogens (tertiary/aromatic N) is 1. The fourth-order valence-electron chi connectivity index (χ4n) is 5.82.